The van der Waals surface area contributed by atoms with Crippen LogP contribution in [0.4, 0.5) is 5.69 Å². The predicted octanol–water partition coefficient (Wildman–Crippen LogP) is 5.95. The molecule has 0 aliphatic carbocycles. The fraction of sp³-hybridized carbons (Fsp3) is 0.154. The smallest absolute Gasteiger partial charge is 0.300 e. The molecule has 1 saturated heterocycles. The first-order valence-electron chi connectivity index (χ1n) is 10.3. The van der Waals surface area contributed by atoms with E-state index >= 15 is 0 Å². The number of rotatable bonds is 5. The Kier molecular flexibility index (Phi) is 6.55. The minimum absolute atomic E-state index is 0.0869. The Balaban J connectivity index is 1.97. The van der Waals surface area contributed by atoms with Crippen LogP contribution >= 0.6 is 23.2 Å². The van der Waals surface area contributed by atoms with Crippen LogP contribution in [0.1, 0.15) is 22.7 Å². The zero-order valence-corrected chi connectivity index (χ0v) is 20.1. The number of amides is 1. The molecular formula is C26H21Cl2NO5. The van der Waals surface area contributed by atoms with E-state index in [-0.39, 0.29) is 26.9 Å². The first-order chi connectivity index (χ1) is 16.3. The maximum Gasteiger partial charge on any atom is 0.300 e. The molecule has 6 nitrogen and oxygen atoms in total. The lowest BCUT2D eigenvalue weighted by molar-refractivity contribution is -0.132. The maximum atomic E-state index is 13.3. The van der Waals surface area contributed by atoms with Crippen molar-refractivity contribution in [3.05, 3.63) is 93.0 Å². The van der Waals surface area contributed by atoms with E-state index in [0.29, 0.717) is 17.0 Å². The fourth-order valence-electron chi connectivity index (χ4n) is 3.98. The summed E-state index contributed by atoms with van der Waals surface area (Å²) in [5.41, 5.74) is 2.21. The van der Waals surface area contributed by atoms with Gasteiger partial charge in [-0.15, -0.1) is 0 Å². The molecule has 0 bridgehead atoms. The van der Waals surface area contributed by atoms with Crippen LogP contribution in [-0.2, 0) is 9.59 Å². The molecule has 0 radical (unpaired) electrons. The van der Waals surface area contributed by atoms with Crippen molar-refractivity contribution in [2.45, 2.75) is 13.0 Å². The third-order valence-corrected chi connectivity index (χ3v) is 6.20. The second-order valence-corrected chi connectivity index (χ2v) is 8.57. The summed E-state index contributed by atoms with van der Waals surface area (Å²) in [6.07, 6.45) is 0. The minimum Gasteiger partial charge on any atom is -0.507 e. The Bertz CT molecular complexity index is 1290. The number of anilines is 1. The first kappa shape index (κ1) is 23.7. The van der Waals surface area contributed by atoms with Gasteiger partial charge in [0.05, 0.1) is 35.9 Å². The van der Waals surface area contributed by atoms with Crippen molar-refractivity contribution in [3.8, 4) is 11.5 Å². The molecule has 0 saturated carbocycles. The Morgan fingerprint density at radius 1 is 0.941 bits per heavy atom. The summed E-state index contributed by atoms with van der Waals surface area (Å²) in [4.78, 5) is 27.9. The quantitative estimate of drug-likeness (QED) is 0.268. The average molecular weight is 498 g/mol. The molecule has 3 aromatic carbocycles. The third kappa shape index (κ3) is 4.11. The van der Waals surface area contributed by atoms with Gasteiger partial charge in [0.15, 0.2) is 5.75 Å². The van der Waals surface area contributed by atoms with Crippen LogP contribution in [0.25, 0.3) is 5.76 Å². The molecule has 4 rings (SSSR count). The molecule has 1 heterocycles. The summed E-state index contributed by atoms with van der Waals surface area (Å²) in [6, 6.07) is 16.2. The van der Waals surface area contributed by atoms with Crippen molar-refractivity contribution in [1.82, 2.24) is 0 Å². The SMILES string of the molecule is COc1cccc(C2/C(=C(\O)c3cc(Cl)c(OC)c(Cl)c3)C(=O)C(=O)N2c2ccc(C)cc2)c1. The van der Waals surface area contributed by atoms with Gasteiger partial charge in [0.1, 0.15) is 11.5 Å². The molecule has 1 N–H and O–H groups in total. The van der Waals surface area contributed by atoms with Crippen LogP contribution in [0.15, 0.2) is 66.2 Å². The van der Waals surface area contributed by atoms with Gasteiger partial charge in [0.2, 0.25) is 0 Å². The van der Waals surface area contributed by atoms with Crippen molar-refractivity contribution in [2.75, 3.05) is 19.1 Å². The van der Waals surface area contributed by atoms with Crippen LogP contribution < -0.4 is 14.4 Å². The number of halogens is 2. The number of aryl methyl sites for hydroxylation is 1. The molecule has 1 amide bonds. The van der Waals surface area contributed by atoms with Crippen molar-refractivity contribution >= 4 is 46.3 Å². The summed E-state index contributed by atoms with van der Waals surface area (Å²) in [5, 5.41) is 11.6. The van der Waals surface area contributed by atoms with Gasteiger partial charge in [-0.3, -0.25) is 14.5 Å². The predicted molar refractivity (Wildman–Crippen MR) is 132 cm³/mol. The van der Waals surface area contributed by atoms with Gasteiger partial charge in [-0.2, -0.15) is 0 Å². The van der Waals surface area contributed by atoms with E-state index < -0.39 is 23.5 Å². The second-order valence-electron chi connectivity index (χ2n) is 7.75. The highest BCUT2D eigenvalue weighted by Crippen LogP contribution is 2.44. The number of nitrogens with zero attached hydrogens (tertiary/aromatic N) is 1. The number of aliphatic hydroxyl groups is 1. The van der Waals surface area contributed by atoms with E-state index in [2.05, 4.69) is 0 Å². The van der Waals surface area contributed by atoms with Crippen LogP contribution in [0, 0.1) is 6.92 Å². The van der Waals surface area contributed by atoms with Crippen LogP contribution in [0.2, 0.25) is 10.0 Å². The van der Waals surface area contributed by atoms with Gasteiger partial charge in [0, 0.05) is 11.3 Å². The van der Waals surface area contributed by atoms with E-state index in [1.54, 1.807) is 36.4 Å². The molecule has 34 heavy (non-hydrogen) atoms. The normalized spacial score (nSPS) is 17.2. The van der Waals surface area contributed by atoms with E-state index in [1.165, 1.54) is 31.3 Å². The van der Waals surface area contributed by atoms with Crippen LogP contribution in [-0.4, -0.2) is 31.0 Å². The highest BCUT2D eigenvalue weighted by Gasteiger charge is 2.47. The molecule has 0 spiro atoms. The Hall–Kier alpha value is -3.48. The second kappa shape index (κ2) is 9.41. The number of ketones is 1. The molecule has 0 aromatic heterocycles. The van der Waals surface area contributed by atoms with Gasteiger partial charge < -0.3 is 14.6 Å². The average Bonchev–Trinajstić information content (AvgIpc) is 3.09. The summed E-state index contributed by atoms with van der Waals surface area (Å²) in [6.45, 7) is 1.93. The summed E-state index contributed by atoms with van der Waals surface area (Å²) < 4.78 is 10.5. The number of aliphatic hydroxyl groups excluding tert-OH is 1. The number of carbonyl (C=O) groups is 2. The molecule has 174 valence electrons. The number of Topliss-reactive ketones (excluding diaryl/α,β-unsaturated/α-hetero) is 1. The van der Waals surface area contributed by atoms with E-state index in [0.717, 1.165) is 5.56 Å². The maximum absolute atomic E-state index is 13.3. The van der Waals surface area contributed by atoms with E-state index in [9.17, 15) is 14.7 Å². The standard InChI is InChI=1S/C26H21Cl2NO5/c1-14-7-9-17(10-8-14)29-22(15-5-4-6-18(11-15)33-2)21(24(31)26(29)32)23(30)16-12-19(27)25(34-3)20(28)13-16/h4-13,22,30H,1-3H3/b23-21+. The Labute approximate surface area is 206 Å². The molecule has 1 fully saturated rings. The minimum atomic E-state index is -0.905. The van der Waals surface area contributed by atoms with Gasteiger partial charge in [0.25, 0.3) is 11.7 Å². The third-order valence-electron chi connectivity index (χ3n) is 5.64. The molecule has 8 heteroatoms. The highest BCUT2D eigenvalue weighted by molar-refractivity contribution is 6.51. The molecule has 1 aliphatic heterocycles. The van der Waals surface area contributed by atoms with E-state index in [1.807, 2.05) is 19.1 Å². The number of ether oxygens (including phenoxy) is 2. The topological polar surface area (TPSA) is 76.1 Å². The lowest BCUT2D eigenvalue weighted by Crippen LogP contribution is -2.29. The summed E-state index contributed by atoms with van der Waals surface area (Å²) in [7, 11) is 2.94. The monoisotopic (exact) mass is 497 g/mol. The van der Waals surface area contributed by atoms with E-state index in [4.69, 9.17) is 32.7 Å². The van der Waals surface area contributed by atoms with Crippen LogP contribution in [0.5, 0.6) is 11.5 Å². The lowest BCUT2D eigenvalue weighted by Gasteiger charge is -2.26. The van der Waals surface area contributed by atoms with Crippen molar-refractivity contribution in [2.24, 2.45) is 0 Å². The fourth-order valence-corrected chi connectivity index (χ4v) is 4.62. The van der Waals surface area contributed by atoms with Gasteiger partial charge in [-0.1, -0.05) is 53.0 Å². The highest BCUT2D eigenvalue weighted by atomic mass is 35.5. The van der Waals surface area contributed by atoms with Gasteiger partial charge in [-0.05, 0) is 48.9 Å². The number of benzene rings is 3. The zero-order valence-electron chi connectivity index (χ0n) is 18.6. The molecule has 1 atom stereocenters. The number of hydrogen-bond acceptors (Lipinski definition) is 5. The van der Waals surface area contributed by atoms with Crippen molar-refractivity contribution in [1.29, 1.82) is 0 Å². The first-order valence-corrected chi connectivity index (χ1v) is 11.1. The van der Waals surface area contributed by atoms with Gasteiger partial charge in [-0.25, -0.2) is 0 Å². The summed E-state index contributed by atoms with van der Waals surface area (Å²) in [5.74, 6) is -1.20. The number of carbonyl (C=O) groups excluding carboxylic acids is 2. The number of methoxy groups -OCH3 is 2. The molecule has 3 aromatic rings. The Morgan fingerprint density at radius 3 is 2.18 bits per heavy atom. The lowest BCUT2D eigenvalue weighted by atomic mass is 9.95. The molecule has 1 unspecified atom stereocenters. The van der Waals surface area contributed by atoms with Crippen molar-refractivity contribution in [3.63, 3.8) is 0 Å². The van der Waals surface area contributed by atoms with Crippen molar-refractivity contribution < 1.29 is 24.2 Å². The zero-order chi connectivity index (χ0) is 24.6. The Morgan fingerprint density at radius 2 is 1.59 bits per heavy atom. The summed E-state index contributed by atoms with van der Waals surface area (Å²) >= 11 is 12.5. The largest absolute Gasteiger partial charge is 0.507 e. The molecular weight excluding hydrogens is 477 g/mol. The van der Waals surface area contributed by atoms with Crippen LogP contribution in [0.3, 0.4) is 0 Å². The molecule has 1 aliphatic rings. The van der Waals surface area contributed by atoms with Gasteiger partial charge >= 0.3 is 0 Å². The number of hydrogen-bond donors (Lipinski definition) is 1.